The van der Waals surface area contributed by atoms with Crippen LogP contribution in [0.4, 0.5) is 0 Å². The molecule has 0 saturated heterocycles. The predicted molar refractivity (Wildman–Crippen MR) is 72.0 cm³/mol. The first-order chi connectivity index (χ1) is 9.12. The van der Waals surface area contributed by atoms with Crippen LogP contribution < -0.4 is 0 Å². The Hall–Kier alpha value is -1.46. The molecule has 0 fully saturated rings. The summed E-state index contributed by atoms with van der Waals surface area (Å²) in [5, 5.41) is 3.41. The van der Waals surface area contributed by atoms with Gasteiger partial charge in [0.25, 0.3) is 0 Å². The number of rotatable bonds is 7. The van der Waals surface area contributed by atoms with Crippen LogP contribution in [0.1, 0.15) is 24.5 Å². The van der Waals surface area contributed by atoms with Crippen molar-refractivity contribution >= 4 is 17.6 Å². The van der Waals surface area contributed by atoms with E-state index in [2.05, 4.69) is 9.91 Å². The van der Waals surface area contributed by atoms with Crippen LogP contribution in [0.2, 0.25) is 5.02 Å². The van der Waals surface area contributed by atoms with Crippen LogP contribution >= 0.6 is 11.6 Å². The van der Waals surface area contributed by atoms with Crippen LogP contribution in [-0.4, -0.2) is 26.2 Å². The van der Waals surface area contributed by atoms with Crippen LogP contribution in [0, 0.1) is 4.91 Å². The Bertz CT molecular complexity index is 421. The molecule has 0 aromatic heterocycles. The standard InChI is InChI=1S/C13H16ClNO4/c1-18-12(9-3-5-10(14)6-4-9)8-7-11(15-17)13(16)19-2/h3-6,11-12H,7-8H2,1-2H3. The molecule has 5 nitrogen and oxygen atoms in total. The van der Waals surface area contributed by atoms with Gasteiger partial charge in [0.2, 0.25) is 0 Å². The molecule has 0 heterocycles. The third kappa shape index (κ3) is 4.61. The van der Waals surface area contributed by atoms with E-state index in [1.807, 2.05) is 12.1 Å². The monoisotopic (exact) mass is 285 g/mol. The van der Waals surface area contributed by atoms with Crippen molar-refractivity contribution in [2.45, 2.75) is 25.0 Å². The first-order valence-corrected chi connectivity index (χ1v) is 6.18. The zero-order valence-electron chi connectivity index (χ0n) is 10.8. The Balaban J connectivity index is 2.64. The number of carbonyl (C=O) groups is 1. The molecule has 0 saturated carbocycles. The van der Waals surface area contributed by atoms with E-state index in [0.29, 0.717) is 11.4 Å². The molecule has 0 spiro atoms. The van der Waals surface area contributed by atoms with Crippen molar-refractivity contribution in [1.29, 1.82) is 0 Å². The van der Waals surface area contributed by atoms with Crippen molar-refractivity contribution in [3.05, 3.63) is 39.8 Å². The highest BCUT2D eigenvalue weighted by Gasteiger charge is 2.22. The van der Waals surface area contributed by atoms with Crippen molar-refractivity contribution in [3.8, 4) is 0 Å². The average Bonchev–Trinajstić information content (AvgIpc) is 2.44. The van der Waals surface area contributed by atoms with E-state index in [1.165, 1.54) is 7.11 Å². The summed E-state index contributed by atoms with van der Waals surface area (Å²) in [7, 11) is 2.80. The minimum atomic E-state index is -0.991. The maximum atomic E-state index is 11.3. The highest BCUT2D eigenvalue weighted by Crippen LogP contribution is 2.24. The number of methoxy groups -OCH3 is 2. The molecule has 2 unspecified atom stereocenters. The summed E-state index contributed by atoms with van der Waals surface area (Å²) in [5.41, 5.74) is 0.932. The zero-order valence-corrected chi connectivity index (χ0v) is 11.6. The van der Waals surface area contributed by atoms with Crippen LogP contribution in [0.3, 0.4) is 0 Å². The fourth-order valence-corrected chi connectivity index (χ4v) is 1.88. The Morgan fingerprint density at radius 3 is 2.37 bits per heavy atom. The SMILES string of the molecule is COC(=O)C(CCC(OC)c1ccc(Cl)cc1)N=O. The highest BCUT2D eigenvalue weighted by atomic mass is 35.5. The van der Waals surface area contributed by atoms with Gasteiger partial charge in [0.1, 0.15) is 0 Å². The van der Waals surface area contributed by atoms with Gasteiger partial charge in [0.05, 0.1) is 13.2 Å². The predicted octanol–water partition coefficient (Wildman–Crippen LogP) is 3.12. The summed E-state index contributed by atoms with van der Waals surface area (Å²) in [6.45, 7) is 0. The molecular weight excluding hydrogens is 270 g/mol. The Labute approximate surface area is 116 Å². The lowest BCUT2D eigenvalue weighted by Crippen LogP contribution is -2.20. The maximum absolute atomic E-state index is 11.3. The number of halogens is 1. The molecule has 2 atom stereocenters. The van der Waals surface area contributed by atoms with Crippen molar-refractivity contribution < 1.29 is 14.3 Å². The molecular formula is C13H16ClNO4. The molecule has 0 aliphatic heterocycles. The van der Waals surface area contributed by atoms with E-state index in [0.717, 1.165) is 5.56 Å². The summed E-state index contributed by atoms with van der Waals surface area (Å²) < 4.78 is 9.85. The van der Waals surface area contributed by atoms with E-state index in [-0.39, 0.29) is 12.5 Å². The highest BCUT2D eigenvalue weighted by molar-refractivity contribution is 6.30. The molecule has 1 aromatic rings. The Morgan fingerprint density at radius 2 is 1.89 bits per heavy atom. The summed E-state index contributed by atoms with van der Waals surface area (Å²) in [6.07, 6.45) is 0.548. The topological polar surface area (TPSA) is 65.0 Å². The molecule has 0 aliphatic carbocycles. The maximum Gasteiger partial charge on any atom is 0.334 e. The summed E-state index contributed by atoms with van der Waals surface area (Å²) in [6, 6.07) is 6.22. The van der Waals surface area contributed by atoms with Gasteiger partial charge in [-0.1, -0.05) is 28.9 Å². The largest absolute Gasteiger partial charge is 0.467 e. The first kappa shape index (κ1) is 15.6. The van der Waals surface area contributed by atoms with Crippen molar-refractivity contribution in [3.63, 3.8) is 0 Å². The molecule has 0 radical (unpaired) electrons. The molecule has 0 bridgehead atoms. The number of hydrogen-bond acceptors (Lipinski definition) is 5. The normalized spacial score (nSPS) is 13.6. The smallest absolute Gasteiger partial charge is 0.334 e. The lowest BCUT2D eigenvalue weighted by atomic mass is 10.0. The number of hydrogen-bond donors (Lipinski definition) is 0. The van der Waals surface area contributed by atoms with Gasteiger partial charge in [0, 0.05) is 12.1 Å². The van der Waals surface area contributed by atoms with E-state index >= 15 is 0 Å². The Morgan fingerprint density at radius 1 is 1.26 bits per heavy atom. The molecule has 0 aliphatic rings. The first-order valence-electron chi connectivity index (χ1n) is 5.81. The van der Waals surface area contributed by atoms with Gasteiger partial charge in [0.15, 0.2) is 6.04 Å². The molecule has 0 N–H and O–H groups in total. The van der Waals surface area contributed by atoms with Gasteiger partial charge >= 0.3 is 5.97 Å². The number of nitrogens with zero attached hydrogens (tertiary/aromatic N) is 1. The van der Waals surface area contributed by atoms with Crippen LogP contribution in [-0.2, 0) is 14.3 Å². The minimum Gasteiger partial charge on any atom is -0.467 e. The second kappa shape index (κ2) is 7.86. The van der Waals surface area contributed by atoms with Gasteiger partial charge in [-0.25, -0.2) is 4.79 Å². The third-order valence-electron chi connectivity index (χ3n) is 2.83. The van der Waals surface area contributed by atoms with Gasteiger partial charge in [-0.2, -0.15) is 0 Å². The average molecular weight is 286 g/mol. The number of esters is 1. The third-order valence-corrected chi connectivity index (χ3v) is 3.08. The van der Waals surface area contributed by atoms with Crippen molar-refractivity contribution in [1.82, 2.24) is 0 Å². The lowest BCUT2D eigenvalue weighted by Gasteiger charge is -2.16. The summed E-state index contributed by atoms with van der Waals surface area (Å²) >= 11 is 5.81. The fourth-order valence-electron chi connectivity index (χ4n) is 1.76. The number of benzene rings is 1. The number of nitroso groups, excluding NO2 is 1. The van der Waals surface area contributed by atoms with Gasteiger partial charge < -0.3 is 9.47 Å². The molecule has 104 valence electrons. The minimum absolute atomic E-state index is 0.217. The van der Waals surface area contributed by atoms with Crippen LogP contribution in [0.15, 0.2) is 29.4 Å². The fraction of sp³-hybridized carbons (Fsp3) is 0.462. The number of ether oxygens (including phenoxy) is 2. The molecule has 6 heteroatoms. The molecule has 0 amide bonds. The Kier molecular flexibility index (Phi) is 6.45. The molecule has 1 aromatic carbocycles. The van der Waals surface area contributed by atoms with Crippen LogP contribution in [0.5, 0.6) is 0 Å². The number of carbonyl (C=O) groups excluding carboxylic acids is 1. The van der Waals surface area contributed by atoms with Gasteiger partial charge in [-0.15, -0.1) is 4.91 Å². The summed E-state index contributed by atoms with van der Waals surface area (Å²) in [4.78, 5) is 21.8. The molecule has 1 rings (SSSR count). The van der Waals surface area contributed by atoms with Crippen molar-refractivity contribution in [2.24, 2.45) is 5.18 Å². The summed E-state index contributed by atoms with van der Waals surface area (Å²) in [5.74, 6) is -0.624. The molecule has 19 heavy (non-hydrogen) atoms. The quantitative estimate of drug-likeness (QED) is 0.570. The van der Waals surface area contributed by atoms with E-state index < -0.39 is 12.0 Å². The lowest BCUT2D eigenvalue weighted by molar-refractivity contribution is -0.142. The van der Waals surface area contributed by atoms with E-state index in [1.54, 1.807) is 19.2 Å². The second-order valence-electron chi connectivity index (χ2n) is 4.00. The second-order valence-corrected chi connectivity index (χ2v) is 4.43. The van der Waals surface area contributed by atoms with Gasteiger partial charge in [-0.3, -0.25) is 0 Å². The van der Waals surface area contributed by atoms with Crippen molar-refractivity contribution in [2.75, 3.05) is 14.2 Å². The zero-order chi connectivity index (χ0) is 14.3. The van der Waals surface area contributed by atoms with Crippen LogP contribution in [0.25, 0.3) is 0 Å². The van der Waals surface area contributed by atoms with E-state index in [9.17, 15) is 9.70 Å². The van der Waals surface area contributed by atoms with Gasteiger partial charge in [-0.05, 0) is 30.5 Å². The van der Waals surface area contributed by atoms with E-state index in [4.69, 9.17) is 16.3 Å².